The van der Waals surface area contributed by atoms with E-state index in [0.717, 1.165) is 5.56 Å². The van der Waals surface area contributed by atoms with E-state index in [1.54, 1.807) is 29.6 Å². The minimum absolute atomic E-state index is 0. The van der Waals surface area contributed by atoms with Gasteiger partial charge < -0.3 is 24.5 Å². The van der Waals surface area contributed by atoms with Crippen LogP contribution in [-0.4, -0.2) is 32.8 Å². The third-order valence-corrected chi connectivity index (χ3v) is 6.96. The van der Waals surface area contributed by atoms with Crippen LogP contribution in [0, 0.1) is 0 Å². The average molecular weight is 527 g/mol. The van der Waals surface area contributed by atoms with Gasteiger partial charge in [0.1, 0.15) is 27.5 Å². The highest BCUT2D eigenvalue weighted by Crippen LogP contribution is 2.39. The molecule has 10 nitrogen and oxygen atoms in total. The normalized spacial score (nSPS) is 11.2. The van der Waals surface area contributed by atoms with E-state index in [1.807, 2.05) is 13.0 Å². The van der Waals surface area contributed by atoms with Gasteiger partial charge in [-0.3, -0.25) is 4.72 Å². The summed E-state index contributed by atoms with van der Waals surface area (Å²) in [4.78, 5) is 4.26. The molecular formula is C21H23ClN4O6S2. The van der Waals surface area contributed by atoms with Crippen LogP contribution in [0.15, 0.2) is 45.1 Å². The second kappa shape index (κ2) is 10.5. The molecule has 2 aromatic heterocycles. The molecule has 0 amide bonds. The number of hydrogen-bond acceptors (Lipinski definition) is 10. The van der Waals surface area contributed by atoms with E-state index < -0.39 is 10.0 Å². The number of nitrogens with zero attached hydrogens (tertiary/aromatic N) is 2. The standard InChI is InChI=1S/C21H22N4O6S2.ClH/c1-4-12-5-6-15(28-2)18(7-12)33(26,27)25-20-19-16(29-3)8-14(9-17(19)31-24-20)30-21-23-13(10-22)11-32-21;/h5-9,11H,4,10,22H2,1-3H3,(H,24,25);1H. The van der Waals surface area contributed by atoms with E-state index in [4.69, 9.17) is 24.5 Å². The highest BCUT2D eigenvalue weighted by molar-refractivity contribution is 7.92. The monoisotopic (exact) mass is 526 g/mol. The van der Waals surface area contributed by atoms with Gasteiger partial charge in [0.05, 0.1) is 19.9 Å². The SMILES string of the molecule is CCc1ccc(OC)c(S(=O)(=O)Nc2noc3cc(Oc4nc(CN)cs4)cc(OC)c23)c1.Cl. The summed E-state index contributed by atoms with van der Waals surface area (Å²) in [5, 5.41) is 6.46. The molecule has 2 heterocycles. The summed E-state index contributed by atoms with van der Waals surface area (Å²) in [5.74, 6) is 0.902. The van der Waals surface area contributed by atoms with Crippen molar-refractivity contribution in [1.82, 2.24) is 10.1 Å². The number of fused-ring (bicyclic) bond motifs is 1. The number of hydrogen-bond donors (Lipinski definition) is 2. The van der Waals surface area contributed by atoms with Crippen LogP contribution in [0.3, 0.4) is 0 Å². The Bertz CT molecular complexity index is 1400. The molecule has 3 N–H and O–H groups in total. The molecule has 13 heteroatoms. The maximum Gasteiger partial charge on any atom is 0.278 e. The third kappa shape index (κ3) is 5.04. The number of anilines is 1. The summed E-state index contributed by atoms with van der Waals surface area (Å²) in [6.07, 6.45) is 0.669. The minimum atomic E-state index is -4.04. The van der Waals surface area contributed by atoms with Crippen LogP contribution in [0.25, 0.3) is 11.0 Å². The van der Waals surface area contributed by atoms with Gasteiger partial charge >= 0.3 is 0 Å². The second-order valence-corrected chi connectivity index (χ2v) is 9.36. The van der Waals surface area contributed by atoms with Gasteiger partial charge in [0, 0.05) is 24.1 Å². The summed E-state index contributed by atoms with van der Waals surface area (Å²) < 4.78 is 50.7. The number of nitrogens with two attached hydrogens (primary N) is 1. The molecule has 0 aliphatic carbocycles. The van der Waals surface area contributed by atoms with Crippen LogP contribution in [0.2, 0.25) is 0 Å². The molecule has 34 heavy (non-hydrogen) atoms. The number of aromatic nitrogens is 2. The molecule has 4 aromatic rings. The van der Waals surface area contributed by atoms with Crippen LogP contribution in [0.4, 0.5) is 5.82 Å². The fourth-order valence-corrected chi connectivity index (χ4v) is 5.09. The van der Waals surface area contributed by atoms with Gasteiger partial charge in [-0.2, -0.15) is 0 Å². The smallest absolute Gasteiger partial charge is 0.278 e. The molecule has 0 spiro atoms. The van der Waals surface area contributed by atoms with Crippen molar-refractivity contribution in [3.05, 3.63) is 47.0 Å². The Hall–Kier alpha value is -3.06. The molecule has 2 aromatic carbocycles. The summed E-state index contributed by atoms with van der Waals surface area (Å²) >= 11 is 1.30. The number of aryl methyl sites for hydroxylation is 1. The lowest BCUT2D eigenvalue weighted by atomic mass is 10.2. The van der Waals surface area contributed by atoms with E-state index in [2.05, 4.69) is 14.9 Å². The summed E-state index contributed by atoms with van der Waals surface area (Å²) in [5.41, 5.74) is 7.42. The predicted molar refractivity (Wildman–Crippen MR) is 131 cm³/mol. The maximum atomic E-state index is 13.2. The lowest BCUT2D eigenvalue weighted by Crippen LogP contribution is -2.15. The molecule has 182 valence electrons. The van der Waals surface area contributed by atoms with Crippen molar-refractivity contribution in [2.45, 2.75) is 24.8 Å². The number of methoxy groups -OCH3 is 2. The van der Waals surface area contributed by atoms with E-state index in [9.17, 15) is 8.42 Å². The first kappa shape index (κ1) is 25.6. The van der Waals surface area contributed by atoms with E-state index in [-0.39, 0.29) is 34.5 Å². The fourth-order valence-electron chi connectivity index (χ4n) is 3.16. The number of benzene rings is 2. The van der Waals surface area contributed by atoms with Gasteiger partial charge in [-0.05, 0) is 24.1 Å². The highest BCUT2D eigenvalue weighted by atomic mass is 35.5. The average Bonchev–Trinajstić information content (AvgIpc) is 3.44. The molecular weight excluding hydrogens is 504 g/mol. The molecule has 0 saturated carbocycles. The fraction of sp³-hybridized carbons (Fsp3) is 0.238. The molecule has 0 atom stereocenters. The summed E-state index contributed by atoms with van der Waals surface area (Å²) in [7, 11) is -1.17. The van der Waals surface area contributed by atoms with Crippen LogP contribution in [0.1, 0.15) is 18.2 Å². The Morgan fingerprint density at radius 1 is 1.15 bits per heavy atom. The second-order valence-electron chi connectivity index (χ2n) is 6.89. The Labute approximate surface area is 206 Å². The lowest BCUT2D eigenvalue weighted by Gasteiger charge is -2.12. The highest BCUT2D eigenvalue weighted by Gasteiger charge is 2.25. The first-order valence-electron chi connectivity index (χ1n) is 9.88. The topological polar surface area (TPSA) is 139 Å². The van der Waals surface area contributed by atoms with Crippen molar-refractivity contribution in [1.29, 1.82) is 0 Å². The summed E-state index contributed by atoms with van der Waals surface area (Å²) in [6, 6.07) is 8.17. The molecule has 0 radical (unpaired) electrons. The van der Waals surface area contributed by atoms with Crippen molar-refractivity contribution in [3.63, 3.8) is 0 Å². The number of rotatable bonds is 9. The molecule has 0 aliphatic rings. The van der Waals surface area contributed by atoms with Crippen LogP contribution in [0.5, 0.6) is 22.4 Å². The number of sulfonamides is 1. The van der Waals surface area contributed by atoms with E-state index >= 15 is 0 Å². The lowest BCUT2D eigenvalue weighted by molar-refractivity contribution is 0.402. The van der Waals surface area contributed by atoms with E-state index in [0.29, 0.717) is 40.7 Å². The van der Waals surface area contributed by atoms with Crippen LogP contribution >= 0.6 is 23.7 Å². The Balaban J connectivity index is 0.00000324. The van der Waals surface area contributed by atoms with Crippen molar-refractivity contribution >= 4 is 50.6 Å². The Morgan fingerprint density at radius 2 is 1.91 bits per heavy atom. The first-order valence-corrected chi connectivity index (χ1v) is 12.2. The van der Waals surface area contributed by atoms with Crippen molar-refractivity contribution in [2.24, 2.45) is 5.73 Å². The van der Waals surface area contributed by atoms with Gasteiger partial charge in [-0.25, -0.2) is 13.4 Å². The largest absolute Gasteiger partial charge is 0.496 e. The van der Waals surface area contributed by atoms with Gasteiger partial charge in [0.15, 0.2) is 11.4 Å². The molecule has 0 aliphatic heterocycles. The zero-order valence-corrected chi connectivity index (χ0v) is 21.0. The Kier molecular flexibility index (Phi) is 7.87. The number of thiazole rings is 1. The van der Waals surface area contributed by atoms with Crippen LogP contribution in [-0.2, 0) is 23.0 Å². The van der Waals surface area contributed by atoms with Gasteiger partial charge in [-0.15, -0.1) is 12.4 Å². The van der Waals surface area contributed by atoms with Gasteiger partial charge in [-0.1, -0.05) is 29.5 Å². The quantitative estimate of drug-likeness (QED) is 0.326. The molecule has 0 bridgehead atoms. The van der Waals surface area contributed by atoms with Crippen molar-refractivity contribution in [2.75, 3.05) is 18.9 Å². The number of ether oxygens (including phenoxy) is 3. The number of halogens is 1. The zero-order valence-electron chi connectivity index (χ0n) is 18.5. The van der Waals surface area contributed by atoms with Gasteiger partial charge in [0.2, 0.25) is 0 Å². The number of nitrogens with one attached hydrogen (secondary N) is 1. The van der Waals surface area contributed by atoms with Gasteiger partial charge in [0.25, 0.3) is 15.2 Å². The van der Waals surface area contributed by atoms with Crippen LogP contribution < -0.4 is 24.7 Å². The molecule has 4 rings (SSSR count). The molecule has 0 fully saturated rings. The van der Waals surface area contributed by atoms with Crippen molar-refractivity contribution in [3.8, 4) is 22.4 Å². The predicted octanol–water partition coefficient (Wildman–Crippen LogP) is 4.34. The summed E-state index contributed by atoms with van der Waals surface area (Å²) in [6.45, 7) is 2.24. The Morgan fingerprint density at radius 3 is 2.56 bits per heavy atom. The maximum absolute atomic E-state index is 13.2. The molecule has 0 saturated heterocycles. The third-order valence-electron chi connectivity index (χ3n) is 4.83. The molecule has 0 unspecified atom stereocenters. The minimum Gasteiger partial charge on any atom is -0.496 e. The first-order chi connectivity index (χ1) is 15.9. The van der Waals surface area contributed by atoms with E-state index in [1.165, 1.54) is 25.6 Å². The van der Waals surface area contributed by atoms with Crippen molar-refractivity contribution < 1.29 is 27.2 Å². The zero-order chi connectivity index (χ0) is 23.6.